The van der Waals surface area contributed by atoms with Gasteiger partial charge in [-0.1, -0.05) is 158 Å². The van der Waals surface area contributed by atoms with Crippen molar-refractivity contribution < 1.29 is 0 Å². The van der Waals surface area contributed by atoms with E-state index in [4.69, 9.17) is 0 Å². The first-order valence-electron chi connectivity index (χ1n) is 26.2. The van der Waals surface area contributed by atoms with Crippen LogP contribution >= 0.6 is 0 Å². The van der Waals surface area contributed by atoms with E-state index in [1.54, 1.807) is 0 Å². The van der Waals surface area contributed by atoms with E-state index >= 15 is 0 Å². The minimum Gasteiger partial charge on any atom is -0.310 e. The standard InChI is InChI=1S/C72H58N4/c1-51-19-15-27-61(47-51)75(62-28-16-20-52(2)48-62)71-45-43-69(65-31-11-13-33-67(65)71)73(57-23-7-5-8-24-57)59-39-35-55(36-40-59)56-37-41-60(42-38-56)74(58-25-9-6-10-26-58)70-44-46-72(68-34-14-12-32-66(68)70)76(63-29-17-21-53(3)49-63)64-30-18-22-54(4)50-64/h5-50H,1-4H3. The summed E-state index contributed by atoms with van der Waals surface area (Å²) < 4.78 is 0. The normalized spacial score (nSPS) is 11.2. The Morgan fingerprint density at radius 3 is 0.671 bits per heavy atom. The van der Waals surface area contributed by atoms with Gasteiger partial charge >= 0.3 is 0 Å². The molecule has 366 valence electrons. The minimum atomic E-state index is 1.08. The molecule has 0 aliphatic carbocycles. The second kappa shape index (κ2) is 20.7. The quantitative estimate of drug-likeness (QED) is 0.114. The van der Waals surface area contributed by atoms with Crippen molar-refractivity contribution >= 4 is 89.8 Å². The predicted octanol–water partition coefficient (Wildman–Crippen LogP) is 20.8. The lowest BCUT2D eigenvalue weighted by Crippen LogP contribution is -2.13. The number of benzene rings is 12. The van der Waals surface area contributed by atoms with E-state index in [0.29, 0.717) is 0 Å². The van der Waals surface area contributed by atoms with Gasteiger partial charge in [0.25, 0.3) is 0 Å². The Hall–Kier alpha value is -9.64. The van der Waals surface area contributed by atoms with Gasteiger partial charge in [0.05, 0.1) is 22.7 Å². The average Bonchev–Trinajstić information content (AvgIpc) is 3.50. The molecule has 0 aliphatic rings. The largest absolute Gasteiger partial charge is 0.310 e. The van der Waals surface area contributed by atoms with Crippen LogP contribution in [-0.4, -0.2) is 0 Å². The lowest BCUT2D eigenvalue weighted by molar-refractivity contribution is 1.26. The molecule has 0 fully saturated rings. The van der Waals surface area contributed by atoms with Crippen LogP contribution in [0, 0.1) is 27.7 Å². The Labute approximate surface area is 447 Å². The zero-order valence-corrected chi connectivity index (χ0v) is 43.3. The molecular weight excluding hydrogens is 921 g/mol. The molecule has 0 unspecified atom stereocenters. The lowest BCUT2D eigenvalue weighted by atomic mass is 10.0. The minimum absolute atomic E-state index is 1.08. The second-order valence-corrected chi connectivity index (χ2v) is 19.8. The number of rotatable bonds is 13. The SMILES string of the molecule is Cc1cccc(N(c2cccc(C)c2)c2ccc(N(c3ccccc3)c3ccc(-c4ccc(N(c5ccccc5)c5ccc(N(c6cccc(C)c6)c6cccc(C)c6)c6ccccc56)cc4)cc3)c3ccccc23)c1. The molecule has 0 N–H and O–H groups in total. The summed E-state index contributed by atoms with van der Waals surface area (Å²) in [6, 6.07) is 101. The van der Waals surface area contributed by atoms with Gasteiger partial charge in [0.1, 0.15) is 0 Å². The van der Waals surface area contributed by atoms with Gasteiger partial charge in [-0.3, -0.25) is 0 Å². The highest BCUT2D eigenvalue weighted by molar-refractivity contribution is 6.09. The third kappa shape index (κ3) is 9.34. The summed E-state index contributed by atoms with van der Waals surface area (Å²) in [6.45, 7) is 8.64. The number of nitrogens with zero attached hydrogens (tertiary/aromatic N) is 4. The molecule has 0 radical (unpaired) electrons. The first-order chi connectivity index (χ1) is 37.3. The predicted molar refractivity (Wildman–Crippen MR) is 325 cm³/mol. The first kappa shape index (κ1) is 47.4. The van der Waals surface area contributed by atoms with E-state index in [1.165, 1.54) is 33.0 Å². The molecule has 4 nitrogen and oxygen atoms in total. The van der Waals surface area contributed by atoms with Gasteiger partial charge in [-0.15, -0.1) is 0 Å². The van der Waals surface area contributed by atoms with Crippen molar-refractivity contribution in [2.45, 2.75) is 27.7 Å². The van der Waals surface area contributed by atoms with Gasteiger partial charge in [0, 0.05) is 67.0 Å². The molecule has 12 aromatic carbocycles. The van der Waals surface area contributed by atoms with Crippen LogP contribution in [0.2, 0.25) is 0 Å². The van der Waals surface area contributed by atoms with Crippen LogP contribution in [0.5, 0.6) is 0 Å². The van der Waals surface area contributed by atoms with Crippen LogP contribution in [0.1, 0.15) is 22.3 Å². The molecule has 0 aromatic heterocycles. The Morgan fingerprint density at radius 1 is 0.184 bits per heavy atom. The van der Waals surface area contributed by atoms with Crippen molar-refractivity contribution in [1.82, 2.24) is 0 Å². The van der Waals surface area contributed by atoms with Crippen molar-refractivity contribution in [3.05, 3.63) is 301 Å². The maximum atomic E-state index is 2.39. The topological polar surface area (TPSA) is 13.0 Å². The number of hydrogen-bond donors (Lipinski definition) is 0. The Balaban J connectivity index is 0.910. The summed E-state index contributed by atoms with van der Waals surface area (Å²) in [6.07, 6.45) is 0. The zero-order chi connectivity index (χ0) is 51.5. The molecule has 12 aromatic rings. The van der Waals surface area contributed by atoms with Gasteiger partial charge in [-0.05, 0) is 182 Å². The number of anilines is 12. The molecule has 0 saturated heterocycles. The van der Waals surface area contributed by atoms with Gasteiger partial charge in [-0.25, -0.2) is 0 Å². The van der Waals surface area contributed by atoms with Crippen LogP contribution < -0.4 is 19.6 Å². The van der Waals surface area contributed by atoms with E-state index in [2.05, 4.69) is 326 Å². The third-order valence-electron chi connectivity index (χ3n) is 14.4. The molecule has 0 amide bonds. The van der Waals surface area contributed by atoms with E-state index in [1.807, 2.05) is 0 Å². The Kier molecular flexibility index (Phi) is 12.9. The van der Waals surface area contributed by atoms with Gasteiger partial charge in [0.2, 0.25) is 0 Å². The summed E-state index contributed by atoms with van der Waals surface area (Å²) in [5, 5.41) is 4.66. The average molecular weight is 979 g/mol. The van der Waals surface area contributed by atoms with Crippen LogP contribution in [0.15, 0.2) is 279 Å². The summed E-state index contributed by atoms with van der Waals surface area (Å²) >= 11 is 0. The molecule has 4 heteroatoms. The van der Waals surface area contributed by atoms with Gasteiger partial charge in [-0.2, -0.15) is 0 Å². The molecule has 0 aliphatic heterocycles. The monoisotopic (exact) mass is 978 g/mol. The highest BCUT2D eigenvalue weighted by Crippen LogP contribution is 2.48. The van der Waals surface area contributed by atoms with Crippen molar-refractivity contribution in [3.63, 3.8) is 0 Å². The van der Waals surface area contributed by atoms with E-state index in [-0.39, 0.29) is 0 Å². The third-order valence-corrected chi connectivity index (χ3v) is 14.4. The molecule has 0 saturated carbocycles. The van der Waals surface area contributed by atoms with E-state index in [9.17, 15) is 0 Å². The number of hydrogen-bond acceptors (Lipinski definition) is 4. The van der Waals surface area contributed by atoms with Gasteiger partial charge in [0.15, 0.2) is 0 Å². The van der Waals surface area contributed by atoms with E-state index in [0.717, 1.165) is 90.1 Å². The maximum Gasteiger partial charge on any atom is 0.0541 e. The molecule has 0 atom stereocenters. The van der Waals surface area contributed by atoms with Crippen LogP contribution in [0.3, 0.4) is 0 Å². The van der Waals surface area contributed by atoms with Crippen molar-refractivity contribution in [2.24, 2.45) is 0 Å². The number of para-hydroxylation sites is 2. The van der Waals surface area contributed by atoms with Crippen LogP contribution in [0.4, 0.5) is 68.2 Å². The molecule has 0 spiro atoms. The smallest absolute Gasteiger partial charge is 0.0541 e. The molecule has 0 heterocycles. The fraction of sp³-hybridized carbons (Fsp3) is 0.0556. The van der Waals surface area contributed by atoms with Crippen LogP contribution in [0.25, 0.3) is 32.7 Å². The number of aryl methyl sites for hydroxylation is 4. The fourth-order valence-electron chi connectivity index (χ4n) is 10.9. The van der Waals surface area contributed by atoms with Crippen molar-refractivity contribution in [3.8, 4) is 11.1 Å². The molecule has 12 rings (SSSR count). The summed E-state index contributed by atoms with van der Waals surface area (Å²) in [5.74, 6) is 0. The summed E-state index contributed by atoms with van der Waals surface area (Å²) in [5.41, 5.74) is 20.5. The fourth-order valence-corrected chi connectivity index (χ4v) is 10.9. The van der Waals surface area contributed by atoms with Crippen LogP contribution in [-0.2, 0) is 0 Å². The molecular formula is C72H58N4. The highest BCUT2D eigenvalue weighted by Gasteiger charge is 2.23. The Morgan fingerprint density at radius 2 is 0.408 bits per heavy atom. The van der Waals surface area contributed by atoms with Crippen molar-refractivity contribution in [2.75, 3.05) is 19.6 Å². The number of fused-ring (bicyclic) bond motifs is 2. The second-order valence-electron chi connectivity index (χ2n) is 19.8. The molecule has 76 heavy (non-hydrogen) atoms. The van der Waals surface area contributed by atoms with E-state index < -0.39 is 0 Å². The van der Waals surface area contributed by atoms with Gasteiger partial charge < -0.3 is 19.6 Å². The highest BCUT2D eigenvalue weighted by atomic mass is 15.2. The maximum absolute atomic E-state index is 2.39. The Bertz CT molecular complexity index is 3640. The summed E-state index contributed by atoms with van der Waals surface area (Å²) in [4.78, 5) is 9.56. The lowest BCUT2D eigenvalue weighted by Gasteiger charge is -2.31. The van der Waals surface area contributed by atoms with Crippen molar-refractivity contribution in [1.29, 1.82) is 0 Å². The zero-order valence-electron chi connectivity index (χ0n) is 43.3. The molecule has 0 bridgehead atoms. The summed E-state index contributed by atoms with van der Waals surface area (Å²) in [7, 11) is 0. The first-order valence-corrected chi connectivity index (χ1v) is 26.2.